The molecular formula is C18H25N5O5S3. The van der Waals surface area contributed by atoms with Crippen molar-refractivity contribution >= 4 is 43.2 Å². The molecule has 2 aromatic rings. The van der Waals surface area contributed by atoms with E-state index in [0.29, 0.717) is 28.7 Å². The van der Waals surface area contributed by atoms with Crippen LogP contribution in [0.2, 0.25) is 0 Å². The van der Waals surface area contributed by atoms with Crippen LogP contribution in [0, 0.1) is 6.92 Å². The van der Waals surface area contributed by atoms with Crippen LogP contribution in [-0.2, 0) is 31.7 Å². The van der Waals surface area contributed by atoms with E-state index in [4.69, 9.17) is 0 Å². The zero-order chi connectivity index (χ0) is 23.0. The number of rotatable bonds is 7. The number of hydrogen-bond donors (Lipinski definition) is 1. The average Bonchev–Trinajstić information content (AvgIpc) is 3.22. The van der Waals surface area contributed by atoms with Crippen molar-refractivity contribution in [1.29, 1.82) is 0 Å². The minimum Gasteiger partial charge on any atom is -0.325 e. The van der Waals surface area contributed by atoms with Crippen LogP contribution in [0.1, 0.15) is 23.7 Å². The van der Waals surface area contributed by atoms with Crippen LogP contribution in [0.15, 0.2) is 28.3 Å². The summed E-state index contributed by atoms with van der Waals surface area (Å²) in [5.74, 6) is 0.345. The van der Waals surface area contributed by atoms with Crippen LogP contribution in [0.5, 0.6) is 0 Å². The molecule has 31 heavy (non-hydrogen) atoms. The van der Waals surface area contributed by atoms with Gasteiger partial charge in [-0.3, -0.25) is 4.79 Å². The lowest BCUT2D eigenvalue weighted by Gasteiger charge is -2.15. The zero-order valence-electron chi connectivity index (χ0n) is 17.7. The third-order valence-electron chi connectivity index (χ3n) is 5.03. The maximum Gasteiger partial charge on any atom is 0.242 e. The third-order valence-corrected chi connectivity index (χ3v) is 9.77. The first kappa shape index (κ1) is 23.7. The summed E-state index contributed by atoms with van der Waals surface area (Å²) in [5.41, 5.74) is 0.966. The first-order valence-electron chi connectivity index (χ1n) is 9.46. The van der Waals surface area contributed by atoms with E-state index < -0.39 is 19.9 Å². The highest BCUT2D eigenvalue weighted by Gasteiger charge is 2.32. The Labute approximate surface area is 186 Å². The molecule has 1 aromatic heterocycles. The van der Waals surface area contributed by atoms with Crippen LogP contribution in [0.3, 0.4) is 0 Å². The molecule has 0 spiro atoms. The molecule has 10 nitrogen and oxygen atoms in total. The number of carbonyl (C=O) groups excluding carboxylic acids is 1. The second kappa shape index (κ2) is 8.88. The van der Waals surface area contributed by atoms with E-state index in [1.165, 1.54) is 31.9 Å². The van der Waals surface area contributed by atoms with E-state index in [1.807, 2.05) is 0 Å². The first-order valence-corrected chi connectivity index (χ1v) is 13.7. The van der Waals surface area contributed by atoms with Crippen molar-refractivity contribution in [2.24, 2.45) is 7.05 Å². The summed E-state index contributed by atoms with van der Waals surface area (Å²) in [4.78, 5) is 12.5. The molecule has 1 aliphatic heterocycles. The van der Waals surface area contributed by atoms with Gasteiger partial charge in [-0.15, -0.1) is 10.2 Å². The van der Waals surface area contributed by atoms with Gasteiger partial charge in [-0.1, -0.05) is 17.8 Å². The molecule has 170 valence electrons. The second-order valence-electron chi connectivity index (χ2n) is 7.60. The summed E-state index contributed by atoms with van der Waals surface area (Å²) in [5, 5.41) is 11.4. The number of amides is 1. The van der Waals surface area contributed by atoms with Crippen molar-refractivity contribution in [2.45, 2.75) is 29.3 Å². The van der Waals surface area contributed by atoms with Crippen LogP contribution in [0.4, 0.5) is 5.69 Å². The number of aromatic nitrogens is 3. The Morgan fingerprint density at radius 3 is 2.65 bits per heavy atom. The predicted octanol–water partition coefficient (Wildman–Crippen LogP) is 1.01. The molecule has 1 fully saturated rings. The molecule has 1 unspecified atom stereocenters. The molecule has 0 radical (unpaired) electrons. The van der Waals surface area contributed by atoms with Crippen LogP contribution in [-0.4, -0.2) is 73.2 Å². The molecule has 0 saturated carbocycles. The predicted molar refractivity (Wildman–Crippen MR) is 118 cm³/mol. The largest absolute Gasteiger partial charge is 0.325 e. The van der Waals surface area contributed by atoms with Gasteiger partial charge in [0, 0.05) is 32.7 Å². The highest BCUT2D eigenvalue weighted by atomic mass is 32.2. The van der Waals surface area contributed by atoms with E-state index in [9.17, 15) is 21.6 Å². The number of thioether (sulfide) groups is 1. The average molecular weight is 488 g/mol. The molecule has 3 rings (SSSR count). The van der Waals surface area contributed by atoms with E-state index in [-0.39, 0.29) is 34.0 Å². The Kier molecular flexibility index (Phi) is 6.79. The van der Waals surface area contributed by atoms with Gasteiger partial charge in [0.1, 0.15) is 5.82 Å². The van der Waals surface area contributed by atoms with Gasteiger partial charge in [0.25, 0.3) is 0 Å². The molecule has 1 aliphatic rings. The maximum atomic E-state index is 12.4. The maximum absolute atomic E-state index is 12.4. The molecule has 1 aromatic carbocycles. The summed E-state index contributed by atoms with van der Waals surface area (Å²) in [6.45, 7) is 1.69. The third kappa shape index (κ3) is 5.27. The smallest absolute Gasteiger partial charge is 0.242 e. The van der Waals surface area contributed by atoms with E-state index in [0.717, 1.165) is 4.31 Å². The molecule has 0 aliphatic carbocycles. The summed E-state index contributed by atoms with van der Waals surface area (Å²) < 4.78 is 51.1. The lowest BCUT2D eigenvalue weighted by Crippen LogP contribution is -2.23. The first-order chi connectivity index (χ1) is 14.4. The number of sulfone groups is 1. The van der Waals surface area contributed by atoms with Gasteiger partial charge in [-0.25, -0.2) is 21.1 Å². The van der Waals surface area contributed by atoms with Gasteiger partial charge in [-0.2, -0.15) is 0 Å². The van der Waals surface area contributed by atoms with Crippen molar-refractivity contribution in [2.75, 3.05) is 36.7 Å². The minimum absolute atomic E-state index is 0.0403. The SMILES string of the molecule is Cc1ccc(NC(=O)CSc2nnc(C3CCS(=O)(=O)C3)n2C)cc1S(=O)(=O)N(C)C. The van der Waals surface area contributed by atoms with Crippen molar-refractivity contribution in [1.82, 2.24) is 19.1 Å². The molecule has 0 bridgehead atoms. The van der Waals surface area contributed by atoms with Crippen LogP contribution in [0.25, 0.3) is 0 Å². The van der Waals surface area contributed by atoms with E-state index in [2.05, 4.69) is 15.5 Å². The minimum atomic E-state index is -3.63. The van der Waals surface area contributed by atoms with Crippen LogP contribution < -0.4 is 5.32 Å². The Hall–Kier alpha value is -1.96. The van der Waals surface area contributed by atoms with Crippen molar-refractivity contribution in [3.8, 4) is 0 Å². The zero-order valence-corrected chi connectivity index (χ0v) is 20.1. The molecular weight excluding hydrogens is 462 g/mol. The molecule has 1 atom stereocenters. The highest BCUT2D eigenvalue weighted by molar-refractivity contribution is 7.99. The fourth-order valence-electron chi connectivity index (χ4n) is 3.29. The van der Waals surface area contributed by atoms with Gasteiger partial charge in [0.15, 0.2) is 15.0 Å². The number of nitrogens with one attached hydrogen (secondary N) is 1. The molecule has 1 saturated heterocycles. The summed E-state index contributed by atoms with van der Waals surface area (Å²) in [6, 6.07) is 4.73. The molecule has 1 N–H and O–H groups in total. The van der Waals surface area contributed by atoms with E-state index >= 15 is 0 Å². The number of nitrogens with zero attached hydrogens (tertiary/aromatic N) is 4. The summed E-state index contributed by atoms with van der Waals surface area (Å²) >= 11 is 1.17. The topological polar surface area (TPSA) is 131 Å². The Bertz CT molecular complexity index is 1210. The number of sulfonamides is 1. The second-order valence-corrected chi connectivity index (χ2v) is 12.9. The Morgan fingerprint density at radius 2 is 2.03 bits per heavy atom. The number of carbonyl (C=O) groups is 1. The highest BCUT2D eigenvalue weighted by Crippen LogP contribution is 2.29. The van der Waals surface area contributed by atoms with Gasteiger partial charge >= 0.3 is 0 Å². The Morgan fingerprint density at radius 1 is 1.32 bits per heavy atom. The number of benzene rings is 1. The van der Waals surface area contributed by atoms with Crippen molar-refractivity contribution in [3.05, 3.63) is 29.6 Å². The van der Waals surface area contributed by atoms with Crippen molar-refractivity contribution in [3.63, 3.8) is 0 Å². The number of anilines is 1. The Balaban J connectivity index is 1.65. The lowest BCUT2D eigenvalue weighted by atomic mass is 10.1. The molecule has 13 heteroatoms. The standard InChI is InChI=1S/C18H25N5O5S3/c1-12-5-6-14(9-15(12)31(27,28)22(2)3)19-16(24)10-29-18-21-20-17(23(18)4)13-7-8-30(25,26)11-13/h5-6,9,13H,7-8,10-11H2,1-4H3,(H,19,24). The molecule has 2 heterocycles. The van der Waals surface area contributed by atoms with Gasteiger partial charge in [-0.05, 0) is 31.0 Å². The fraction of sp³-hybridized carbons (Fsp3) is 0.500. The van der Waals surface area contributed by atoms with Gasteiger partial charge in [0.05, 0.1) is 22.2 Å². The van der Waals surface area contributed by atoms with E-state index in [1.54, 1.807) is 30.7 Å². The van der Waals surface area contributed by atoms with Gasteiger partial charge < -0.3 is 9.88 Å². The number of aryl methyl sites for hydroxylation is 1. The normalized spacial score (nSPS) is 18.4. The summed E-state index contributed by atoms with van der Waals surface area (Å²) in [7, 11) is -2.01. The quantitative estimate of drug-likeness (QED) is 0.573. The number of hydrogen-bond acceptors (Lipinski definition) is 8. The molecule has 1 amide bonds. The monoisotopic (exact) mass is 487 g/mol. The van der Waals surface area contributed by atoms with Crippen LogP contribution >= 0.6 is 11.8 Å². The van der Waals surface area contributed by atoms with Gasteiger partial charge in [0.2, 0.25) is 15.9 Å². The summed E-state index contributed by atoms with van der Waals surface area (Å²) in [6.07, 6.45) is 0.519. The lowest BCUT2D eigenvalue weighted by molar-refractivity contribution is -0.113. The van der Waals surface area contributed by atoms with Crippen molar-refractivity contribution < 1.29 is 21.6 Å². The fourth-order valence-corrected chi connectivity index (χ4v) is 6.89.